The van der Waals surface area contributed by atoms with E-state index in [1.54, 1.807) is 14.2 Å². The van der Waals surface area contributed by atoms with Crippen LogP contribution >= 0.6 is 17.0 Å². The highest BCUT2D eigenvalue weighted by atomic mass is 79.9. The predicted octanol–water partition coefficient (Wildman–Crippen LogP) is 4.45. The summed E-state index contributed by atoms with van der Waals surface area (Å²) in [7, 11) is 3.36. The molecule has 0 aromatic heterocycles. The molecule has 0 saturated heterocycles. The zero-order valence-electron chi connectivity index (χ0n) is 13.7. The largest absolute Gasteiger partial charge is 0.493 e. The van der Waals surface area contributed by atoms with E-state index in [0.717, 1.165) is 23.6 Å². The van der Waals surface area contributed by atoms with Gasteiger partial charge in [-0.15, -0.1) is 17.0 Å². The topological polar surface area (TPSA) is 30.5 Å². The summed E-state index contributed by atoms with van der Waals surface area (Å²) < 4.78 is 10.9. The first kappa shape index (κ1) is 17.8. The lowest BCUT2D eigenvalue weighted by Crippen LogP contribution is -2.25. The van der Waals surface area contributed by atoms with E-state index in [2.05, 4.69) is 35.6 Å². The summed E-state index contributed by atoms with van der Waals surface area (Å²) in [4.78, 5) is 0. The number of nitrogens with one attached hydrogen (secondary N) is 1. The Kier molecular flexibility index (Phi) is 6.48. The summed E-state index contributed by atoms with van der Waals surface area (Å²) in [5.41, 5.74) is 4.05. The molecule has 0 fully saturated rings. The Balaban J connectivity index is 0.00000192. The lowest BCUT2D eigenvalue weighted by molar-refractivity contribution is 0.349. The van der Waals surface area contributed by atoms with Gasteiger partial charge in [0.1, 0.15) is 0 Å². The molecule has 0 amide bonds. The molecular weight excluding hydrogens is 354 g/mol. The van der Waals surface area contributed by atoms with Crippen molar-refractivity contribution < 1.29 is 9.47 Å². The fourth-order valence-corrected chi connectivity index (χ4v) is 3.29. The van der Waals surface area contributed by atoms with Crippen LogP contribution in [-0.4, -0.2) is 14.2 Å². The van der Waals surface area contributed by atoms with Crippen LogP contribution in [0.4, 0.5) is 0 Å². The standard InChI is InChI=1S/C19H23NO2.BrH/c1-21-18-12-6-9-15(19(18)22-2)13-20-17-11-5-8-14-7-3-4-10-16(14)17;/h3-4,6-7,9-10,12,17,20H,5,8,11,13H2,1-2H3;1H. The third-order valence-electron chi connectivity index (χ3n) is 4.39. The molecule has 2 aromatic carbocycles. The van der Waals surface area contributed by atoms with Gasteiger partial charge < -0.3 is 14.8 Å². The number of rotatable bonds is 5. The van der Waals surface area contributed by atoms with Gasteiger partial charge in [0.05, 0.1) is 14.2 Å². The van der Waals surface area contributed by atoms with E-state index in [-0.39, 0.29) is 17.0 Å². The molecule has 3 nitrogen and oxygen atoms in total. The molecule has 1 aliphatic carbocycles. The molecule has 1 aliphatic rings. The van der Waals surface area contributed by atoms with Gasteiger partial charge in [0.2, 0.25) is 0 Å². The molecule has 1 unspecified atom stereocenters. The first-order valence-electron chi connectivity index (χ1n) is 7.84. The van der Waals surface area contributed by atoms with Gasteiger partial charge in [-0.25, -0.2) is 0 Å². The van der Waals surface area contributed by atoms with Crippen molar-refractivity contribution in [2.45, 2.75) is 31.8 Å². The number of methoxy groups -OCH3 is 2. The van der Waals surface area contributed by atoms with E-state index in [0.29, 0.717) is 6.04 Å². The molecule has 0 bridgehead atoms. The Morgan fingerprint density at radius 3 is 2.65 bits per heavy atom. The number of hydrogen-bond acceptors (Lipinski definition) is 3. The molecule has 124 valence electrons. The third kappa shape index (κ3) is 3.88. The maximum Gasteiger partial charge on any atom is 0.165 e. The zero-order valence-corrected chi connectivity index (χ0v) is 15.4. The van der Waals surface area contributed by atoms with Gasteiger partial charge in [-0.05, 0) is 36.5 Å². The van der Waals surface area contributed by atoms with Crippen molar-refractivity contribution in [1.29, 1.82) is 0 Å². The zero-order chi connectivity index (χ0) is 15.4. The highest BCUT2D eigenvalue weighted by molar-refractivity contribution is 8.93. The van der Waals surface area contributed by atoms with Crippen LogP contribution in [0.5, 0.6) is 11.5 Å². The number of aryl methyl sites for hydroxylation is 1. The number of benzene rings is 2. The predicted molar refractivity (Wildman–Crippen MR) is 98.8 cm³/mol. The van der Waals surface area contributed by atoms with Crippen LogP contribution in [0.1, 0.15) is 35.6 Å². The van der Waals surface area contributed by atoms with Crippen LogP contribution in [0, 0.1) is 0 Å². The van der Waals surface area contributed by atoms with Gasteiger partial charge in [0.25, 0.3) is 0 Å². The number of hydrogen-bond donors (Lipinski definition) is 1. The molecule has 23 heavy (non-hydrogen) atoms. The lowest BCUT2D eigenvalue weighted by Gasteiger charge is -2.27. The summed E-state index contributed by atoms with van der Waals surface area (Å²) in [6, 6.07) is 15.2. The van der Waals surface area contributed by atoms with Crippen molar-refractivity contribution in [3.05, 3.63) is 59.2 Å². The normalized spacial score (nSPS) is 16.2. The Morgan fingerprint density at radius 2 is 1.87 bits per heavy atom. The molecule has 4 heteroatoms. The fraction of sp³-hybridized carbons (Fsp3) is 0.368. The minimum atomic E-state index is 0. The molecule has 0 heterocycles. The van der Waals surface area contributed by atoms with Gasteiger partial charge in [0, 0.05) is 18.2 Å². The molecule has 1 atom stereocenters. The van der Waals surface area contributed by atoms with Gasteiger partial charge in [-0.1, -0.05) is 36.4 Å². The van der Waals surface area contributed by atoms with Crippen LogP contribution in [0.3, 0.4) is 0 Å². The van der Waals surface area contributed by atoms with E-state index < -0.39 is 0 Å². The molecule has 0 saturated carbocycles. The molecule has 2 aromatic rings. The van der Waals surface area contributed by atoms with Crippen molar-refractivity contribution >= 4 is 17.0 Å². The van der Waals surface area contributed by atoms with Crippen molar-refractivity contribution in [2.24, 2.45) is 0 Å². The maximum atomic E-state index is 5.51. The summed E-state index contributed by atoms with van der Waals surface area (Å²) in [5.74, 6) is 1.60. The average Bonchev–Trinajstić information content (AvgIpc) is 2.59. The molecule has 0 aliphatic heterocycles. The Bertz CT molecular complexity index is 645. The van der Waals surface area contributed by atoms with E-state index in [4.69, 9.17) is 9.47 Å². The van der Waals surface area contributed by atoms with E-state index >= 15 is 0 Å². The number of para-hydroxylation sites is 1. The second-order valence-corrected chi connectivity index (χ2v) is 5.68. The number of fused-ring (bicyclic) bond motifs is 1. The Morgan fingerprint density at radius 1 is 1.04 bits per heavy atom. The fourth-order valence-electron chi connectivity index (χ4n) is 3.29. The highest BCUT2D eigenvalue weighted by Crippen LogP contribution is 2.33. The van der Waals surface area contributed by atoms with E-state index in [1.807, 2.05) is 12.1 Å². The highest BCUT2D eigenvalue weighted by Gasteiger charge is 2.19. The van der Waals surface area contributed by atoms with Crippen LogP contribution in [-0.2, 0) is 13.0 Å². The quantitative estimate of drug-likeness (QED) is 0.834. The van der Waals surface area contributed by atoms with Crippen molar-refractivity contribution in [3.8, 4) is 11.5 Å². The van der Waals surface area contributed by atoms with Crippen LogP contribution < -0.4 is 14.8 Å². The summed E-state index contributed by atoms with van der Waals surface area (Å²) >= 11 is 0. The molecule has 3 rings (SSSR count). The first-order chi connectivity index (χ1) is 10.8. The van der Waals surface area contributed by atoms with Crippen molar-refractivity contribution in [3.63, 3.8) is 0 Å². The Hall–Kier alpha value is -1.52. The van der Waals surface area contributed by atoms with Crippen LogP contribution in [0.15, 0.2) is 42.5 Å². The SMILES string of the molecule is Br.COc1cccc(CNC2CCCc3ccccc32)c1OC. The van der Waals surface area contributed by atoms with Gasteiger partial charge in [-0.2, -0.15) is 0 Å². The second kappa shape index (κ2) is 8.37. The minimum absolute atomic E-state index is 0. The summed E-state index contributed by atoms with van der Waals surface area (Å²) in [6.45, 7) is 0.777. The smallest absolute Gasteiger partial charge is 0.165 e. The Labute approximate surface area is 148 Å². The summed E-state index contributed by atoms with van der Waals surface area (Å²) in [5, 5.41) is 3.68. The van der Waals surface area contributed by atoms with Crippen LogP contribution in [0.25, 0.3) is 0 Å². The first-order valence-corrected chi connectivity index (χ1v) is 7.84. The molecular formula is C19H24BrNO2. The van der Waals surface area contributed by atoms with Crippen LogP contribution in [0.2, 0.25) is 0 Å². The minimum Gasteiger partial charge on any atom is -0.493 e. The summed E-state index contributed by atoms with van der Waals surface area (Å²) in [6.07, 6.45) is 3.62. The monoisotopic (exact) mass is 377 g/mol. The number of ether oxygens (including phenoxy) is 2. The van der Waals surface area contributed by atoms with Gasteiger partial charge >= 0.3 is 0 Å². The average molecular weight is 378 g/mol. The molecule has 0 radical (unpaired) electrons. The molecule has 0 spiro atoms. The third-order valence-corrected chi connectivity index (χ3v) is 4.39. The number of halogens is 1. The van der Waals surface area contributed by atoms with E-state index in [9.17, 15) is 0 Å². The maximum absolute atomic E-state index is 5.51. The second-order valence-electron chi connectivity index (χ2n) is 5.68. The molecule has 1 N–H and O–H groups in total. The van der Waals surface area contributed by atoms with E-state index in [1.165, 1.54) is 30.4 Å². The van der Waals surface area contributed by atoms with Crippen molar-refractivity contribution in [1.82, 2.24) is 5.32 Å². The lowest BCUT2D eigenvalue weighted by atomic mass is 9.87. The van der Waals surface area contributed by atoms with Crippen molar-refractivity contribution in [2.75, 3.05) is 14.2 Å². The van der Waals surface area contributed by atoms with Gasteiger partial charge in [0.15, 0.2) is 11.5 Å². The van der Waals surface area contributed by atoms with Gasteiger partial charge in [-0.3, -0.25) is 0 Å².